The van der Waals surface area contributed by atoms with Crippen LogP contribution in [0, 0.1) is 5.41 Å². The second kappa shape index (κ2) is 2.77. The molecule has 0 bridgehead atoms. The topological polar surface area (TPSA) is 0 Å². The van der Waals surface area contributed by atoms with E-state index in [1.807, 2.05) is 0 Å². The third kappa shape index (κ3) is 1.50. The second-order valence-corrected chi connectivity index (χ2v) is 4.97. The van der Waals surface area contributed by atoms with Crippen LogP contribution in [0.15, 0.2) is 0 Å². The van der Waals surface area contributed by atoms with E-state index in [0.717, 1.165) is 5.41 Å². The maximum atomic E-state index is 2.20. The van der Waals surface area contributed by atoms with Crippen LogP contribution in [-0.4, -0.2) is 11.5 Å². The molecule has 2 fully saturated rings. The van der Waals surface area contributed by atoms with Gasteiger partial charge in [0.1, 0.15) is 0 Å². The van der Waals surface area contributed by atoms with Crippen molar-refractivity contribution in [3.05, 3.63) is 0 Å². The summed E-state index contributed by atoms with van der Waals surface area (Å²) in [5.41, 5.74) is 0.866. The average Bonchev–Trinajstić information content (AvgIpc) is 2.61. The van der Waals surface area contributed by atoms with E-state index in [1.54, 1.807) is 19.3 Å². The number of rotatable bonds is 0. The van der Waals surface area contributed by atoms with Gasteiger partial charge in [0.15, 0.2) is 0 Å². The molecular weight excluding hydrogens is 140 g/mol. The summed E-state index contributed by atoms with van der Waals surface area (Å²) in [5, 5.41) is 0. The predicted octanol–water partition coefficient (Wildman–Crippen LogP) is 3.07. The molecule has 2 rings (SSSR count). The fourth-order valence-corrected chi connectivity index (χ4v) is 3.23. The smallest absolute Gasteiger partial charge is 0.00108 e. The lowest BCUT2D eigenvalue weighted by Crippen LogP contribution is -2.07. The Morgan fingerprint density at radius 2 is 1.80 bits per heavy atom. The van der Waals surface area contributed by atoms with Crippen molar-refractivity contribution < 1.29 is 0 Å². The van der Waals surface area contributed by atoms with Crippen LogP contribution >= 0.6 is 11.8 Å². The first kappa shape index (κ1) is 7.02. The molecule has 0 aromatic carbocycles. The highest BCUT2D eigenvalue weighted by atomic mass is 32.2. The van der Waals surface area contributed by atoms with Crippen LogP contribution in [0.1, 0.15) is 38.5 Å². The Kier molecular flexibility index (Phi) is 1.94. The largest absolute Gasteiger partial charge is 0.161 e. The van der Waals surface area contributed by atoms with Gasteiger partial charge in [-0.1, -0.05) is 12.8 Å². The van der Waals surface area contributed by atoms with Gasteiger partial charge in [-0.3, -0.25) is 0 Å². The molecule has 1 aliphatic heterocycles. The van der Waals surface area contributed by atoms with Crippen LogP contribution in [-0.2, 0) is 0 Å². The maximum absolute atomic E-state index is 2.20. The van der Waals surface area contributed by atoms with Crippen LogP contribution < -0.4 is 0 Å². The minimum absolute atomic E-state index is 0.866. The minimum Gasteiger partial charge on any atom is -0.161 e. The van der Waals surface area contributed by atoms with Crippen molar-refractivity contribution in [2.24, 2.45) is 5.41 Å². The summed E-state index contributed by atoms with van der Waals surface area (Å²) in [5.74, 6) is 2.91. The van der Waals surface area contributed by atoms with Crippen molar-refractivity contribution in [3.63, 3.8) is 0 Å². The summed E-state index contributed by atoms with van der Waals surface area (Å²) in [4.78, 5) is 0. The molecule has 0 radical (unpaired) electrons. The Morgan fingerprint density at radius 3 is 2.60 bits per heavy atom. The third-order valence-corrected chi connectivity index (χ3v) is 4.25. The fraction of sp³-hybridized carbons (Fsp3) is 1.00. The summed E-state index contributed by atoms with van der Waals surface area (Å²) in [6.07, 6.45) is 9.11. The molecular formula is C9H16S. The van der Waals surface area contributed by atoms with Gasteiger partial charge in [-0.05, 0) is 42.6 Å². The summed E-state index contributed by atoms with van der Waals surface area (Å²) >= 11 is 2.20. The molecule has 0 aromatic rings. The molecule has 58 valence electrons. The number of thioether (sulfide) groups is 1. The van der Waals surface area contributed by atoms with E-state index in [4.69, 9.17) is 0 Å². The molecule has 1 heterocycles. The van der Waals surface area contributed by atoms with Crippen molar-refractivity contribution in [3.8, 4) is 0 Å². The molecule has 0 amide bonds. The highest BCUT2D eigenvalue weighted by molar-refractivity contribution is 7.99. The molecule has 0 atom stereocenters. The van der Waals surface area contributed by atoms with Gasteiger partial charge < -0.3 is 0 Å². The molecule has 0 N–H and O–H groups in total. The fourth-order valence-electron chi connectivity index (χ4n) is 1.81. The van der Waals surface area contributed by atoms with E-state index < -0.39 is 0 Å². The standard InChI is InChI=1S/C9H16S/c1-2-4-9(5-6-9)8-10-7-3-1/h1-8H2. The van der Waals surface area contributed by atoms with Gasteiger partial charge >= 0.3 is 0 Å². The zero-order chi connectivity index (χ0) is 6.86. The number of hydrogen-bond acceptors (Lipinski definition) is 1. The average molecular weight is 156 g/mol. The van der Waals surface area contributed by atoms with Crippen LogP contribution in [0.2, 0.25) is 0 Å². The summed E-state index contributed by atoms with van der Waals surface area (Å²) in [6.45, 7) is 0. The molecule has 10 heavy (non-hydrogen) atoms. The lowest BCUT2D eigenvalue weighted by atomic mass is 10.0. The Morgan fingerprint density at radius 1 is 0.900 bits per heavy atom. The van der Waals surface area contributed by atoms with E-state index >= 15 is 0 Å². The van der Waals surface area contributed by atoms with E-state index in [1.165, 1.54) is 30.8 Å². The van der Waals surface area contributed by atoms with Crippen molar-refractivity contribution >= 4 is 11.8 Å². The highest BCUT2D eigenvalue weighted by Crippen LogP contribution is 2.52. The summed E-state index contributed by atoms with van der Waals surface area (Å²) < 4.78 is 0. The second-order valence-electron chi connectivity index (χ2n) is 3.86. The Labute approximate surface area is 67.8 Å². The molecule has 1 aliphatic carbocycles. The summed E-state index contributed by atoms with van der Waals surface area (Å²) in [6, 6.07) is 0. The Hall–Kier alpha value is 0.350. The third-order valence-electron chi connectivity index (χ3n) is 2.86. The van der Waals surface area contributed by atoms with E-state index in [9.17, 15) is 0 Å². The minimum atomic E-state index is 0.866. The monoisotopic (exact) mass is 156 g/mol. The van der Waals surface area contributed by atoms with Gasteiger partial charge in [0.25, 0.3) is 0 Å². The van der Waals surface area contributed by atoms with Crippen molar-refractivity contribution in [2.45, 2.75) is 38.5 Å². The van der Waals surface area contributed by atoms with Gasteiger partial charge in [0.2, 0.25) is 0 Å². The van der Waals surface area contributed by atoms with Crippen LogP contribution in [0.25, 0.3) is 0 Å². The van der Waals surface area contributed by atoms with Crippen molar-refractivity contribution in [1.82, 2.24) is 0 Å². The molecule has 0 unspecified atom stereocenters. The summed E-state index contributed by atoms with van der Waals surface area (Å²) in [7, 11) is 0. The predicted molar refractivity (Wildman–Crippen MR) is 47.5 cm³/mol. The first-order valence-electron chi connectivity index (χ1n) is 4.49. The van der Waals surface area contributed by atoms with E-state index in [-0.39, 0.29) is 0 Å². The quantitative estimate of drug-likeness (QED) is 0.519. The Bertz CT molecular complexity index is 106. The van der Waals surface area contributed by atoms with Gasteiger partial charge in [0, 0.05) is 0 Å². The molecule has 0 nitrogen and oxygen atoms in total. The van der Waals surface area contributed by atoms with Crippen LogP contribution in [0.4, 0.5) is 0 Å². The van der Waals surface area contributed by atoms with E-state index in [0.29, 0.717) is 0 Å². The first-order valence-corrected chi connectivity index (χ1v) is 5.65. The van der Waals surface area contributed by atoms with Gasteiger partial charge in [-0.15, -0.1) is 0 Å². The maximum Gasteiger partial charge on any atom is -0.00108 e. The molecule has 1 saturated carbocycles. The van der Waals surface area contributed by atoms with Crippen LogP contribution in [0.3, 0.4) is 0 Å². The van der Waals surface area contributed by atoms with Crippen molar-refractivity contribution in [1.29, 1.82) is 0 Å². The zero-order valence-electron chi connectivity index (χ0n) is 6.57. The van der Waals surface area contributed by atoms with E-state index in [2.05, 4.69) is 11.8 Å². The van der Waals surface area contributed by atoms with Gasteiger partial charge in [0.05, 0.1) is 0 Å². The van der Waals surface area contributed by atoms with Gasteiger partial charge in [-0.25, -0.2) is 0 Å². The highest BCUT2D eigenvalue weighted by Gasteiger charge is 2.41. The van der Waals surface area contributed by atoms with Gasteiger partial charge in [-0.2, -0.15) is 11.8 Å². The lowest BCUT2D eigenvalue weighted by molar-refractivity contribution is 0.482. The SMILES string of the molecule is C1CCSCC2(CC1)CC2. The van der Waals surface area contributed by atoms with Crippen molar-refractivity contribution in [2.75, 3.05) is 11.5 Å². The molecule has 2 aliphatic rings. The zero-order valence-corrected chi connectivity index (χ0v) is 7.38. The molecule has 0 aromatic heterocycles. The number of hydrogen-bond donors (Lipinski definition) is 0. The molecule has 1 spiro atoms. The molecule has 1 saturated heterocycles. The van der Waals surface area contributed by atoms with Crippen LogP contribution in [0.5, 0.6) is 0 Å². The molecule has 1 heteroatoms. The lowest BCUT2D eigenvalue weighted by Gasteiger charge is -2.17. The Balaban J connectivity index is 1.84. The first-order chi connectivity index (χ1) is 4.91. The normalized spacial score (nSPS) is 31.2.